The minimum absolute atomic E-state index is 0.388. The fourth-order valence-corrected chi connectivity index (χ4v) is 1.31. The highest BCUT2D eigenvalue weighted by Gasteiger charge is 2.27. The molecule has 0 aromatic rings. The van der Waals surface area contributed by atoms with E-state index in [1.807, 2.05) is 13.8 Å². The lowest BCUT2D eigenvalue weighted by Gasteiger charge is -2.24. The Bertz CT molecular complexity index is 209. The van der Waals surface area contributed by atoms with Crippen molar-refractivity contribution >= 4 is 5.97 Å². The summed E-state index contributed by atoms with van der Waals surface area (Å²) >= 11 is 0. The van der Waals surface area contributed by atoms with E-state index in [2.05, 4.69) is 13.5 Å². The van der Waals surface area contributed by atoms with Gasteiger partial charge in [-0.25, -0.2) is 4.79 Å². The highest BCUT2D eigenvalue weighted by molar-refractivity contribution is 5.81. The van der Waals surface area contributed by atoms with Crippen molar-refractivity contribution in [2.24, 2.45) is 0 Å². The van der Waals surface area contributed by atoms with Gasteiger partial charge in [-0.15, -0.1) is 0 Å². The fraction of sp³-hybridized carbons (Fsp3) is 0.692. The normalized spacial score (nSPS) is 12.5. The third kappa shape index (κ3) is 7.13. The number of unbranched alkanes of at least 4 members (excludes halogenated alkanes) is 1. The first-order chi connectivity index (χ1) is 8.19. The van der Waals surface area contributed by atoms with Gasteiger partial charge in [0.1, 0.15) is 0 Å². The molecule has 0 saturated heterocycles. The van der Waals surface area contributed by atoms with E-state index in [0.717, 1.165) is 18.9 Å². The summed E-state index contributed by atoms with van der Waals surface area (Å²) < 4.78 is 16.0. The van der Waals surface area contributed by atoms with Crippen LogP contribution in [0.25, 0.3) is 0 Å². The van der Waals surface area contributed by atoms with Gasteiger partial charge in [0.25, 0.3) is 6.29 Å². The van der Waals surface area contributed by atoms with Crippen molar-refractivity contribution in [1.29, 1.82) is 0 Å². The van der Waals surface area contributed by atoms with Gasteiger partial charge in [-0.05, 0) is 26.7 Å². The molecule has 17 heavy (non-hydrogen) atoms. The zero-order valence-corrected chi connectivity index (χ0v) is 11.0. The van der Waals surface area contributed by atoms with Crippen LogP contribution in [0.3, 0.4) is 0 Å². The fourth-order valence-electron chi connectivity index (χ4n) is 1.31. The molecule has 0 N–H and O–H groups in total. The lowest BCUT2D eigenvalue weighted by Crippen LogP contribution is -2.29. The van der Waals surface area contributed by atoms with Gasteiger partial charge in [-0.1, -0.05) is 19.9 Å². The summed E-state index contributed by atoms with van der Waals surface area (Å²) in [6.45, 7) is 10.2. The molecule has 1 atom stereocenters. The smallest absolute Gasteiger partial charge is 0.330 e. The lowest BCUT2D eigenvalue weighted by molar-refractivity contribution is -0.159. The minimum atomic E-state index is -0.456. The Morgan fingerprint density at radius 1 is 1.24 bits per heavy atom. The van der Waals surface area contributed by atoms with Crippen molar-refractivity contribution in [3.63, 3.8) is 0 Å². The SMILES string of the molecule is C=CC(=O)OC(CCCC)[C](OCC)OCC. The number of ether oxygens (including phenoxy) is 3. The minimum Gasteiger partial charge on any atom is -0.453 e. The molecule has 0 aromatic carbocycles. The molecule has 0 aliphatic carbocycles. The molecule has 0 saturated carbocycles. The van der Waals surface area contributed by atoms with E-state index in [1.165, 1.54) is 0 Å². The van der Waals surface area contributed by atoms with E-state index in [-0.39, 0.29) is 0 Å². The Kier molecular flexibility index (Phi) is 9.77. The van der Waals surface area contributed by atoms with Crippen LogP contribution in [0.5, 0.6) is 0 Å². The molecule has 99 valence electrons. The zero-order valence-electron chi connectivity index (χ0n) is 11.0. The number of hydrogen-bond donors (Lipinski definition) is 0. The molecule has 0 heterocycles. The van der Waals surface area contributed by atoms with Gasteiger partial charge < -0.3 is 14.2 Å². The average molecular weight is 243 g/mol. The highest BCUT2D eigenvalue weighted by atomic mass is 16.7. The van der Waals surface area contributed by atoms with Crippen LogP contribution in [0.1, 0.15) is 40.0 Å². The second kappa shape index (κ2) is 10.3. The third-order valence-corrected chi connectivity index (χ3v) is 2.08. The first kappa shape index (κ1) is 16.1. The Morgan fingerprint density at radius 2 is 1.82 bits per heavy atom. The van der Waals surface area contributed by atoms with Gasteiger partial charge in [0.05, 0.1) is 0 Å². The number of hydrogen-bond acceptors (Lipinski definition) is 4. The Balaban J connectivity index is 4.46. The number of carbonyl (C=O) groups excluding carboxylic acids is 1. The first-order valence-electron chi connectivity index (χ1n) is 6.14. The van der Waals surface area contributed by atoms with Gasteiger partial charge in [0, 0.05) is 19.3 Å². The molecule has 0 rings (SSSR count). The van der Waals surface area contributed by atoms with Gasteiger partial charge in [-0.2, -0.15) is 0 Å². The van der Waals surface area contributed by atoms with Gasteiger partial charge in [0.2, 0.25) is 0 Å². The summed E-state index contributed by atoms with van der Waals surface area (Å²) in [5.74, 6) is -0.456. The standard InChI is InChI=1S/C13H23O4/c1-5-9-10-11(17-12(14)6-2)13(15-7-3)16-8-4/h6,11H,2,5,7-10H2,1,3-4H3. The lowest BCUT2D eigenvalue weighted by atomic mass is 10.1. The molecule has 4 nitrogen and oxygen atoms in total. The summed E-state index contributed by atoms with van der Waals surface area (Å²) in [5.41, 5.74) is 0. The van der Waals surface area contributed by atoms with Gasteiger partial charge >= 0.3 is 5.97 Å². The second-order valence-electron chi connectivity index (χ2n) is 3.46. The molecule has 1 radical (unpaired) electrons. The van der Waals surface area contributed by atoms with Crippen molar-refractivity contribution in [3.05, 3.63) is 18.9 Å². The first-order valence-corrected chi connectivity index (χ1v) is 6.14. The Labute approximate surface area is 104 Å². The van der Waals surface area contributed by atoms with Gasteiger partial charge in [0.15, 0.2) is 6.10 Å². The summed E-state index contributed by atoms with van der Waals surface area (Å²) in [5, 5.41) is 0. The summed E-state index contributed by atoms with van der Waals surface area (Å²) in [7, 11) is 0. The predicted molar refractivity (Wildman–Crippen MR) is 66.1 cm³/mol. The maximum Gasteiger partial charge on any atom is 0.330 e. The topological polar surface area (TPSA) is 44.8 Å². The molecular weight excluding hydrogens is 220 g/mol. The summed E-state index contributed by atoms with van der Waals surface area (Å²) in [6.07, 6.45) is 3.76. The molecule has 0 fully saturated rings. The molecule has 0 amide bonds. The largest absolute Gasteiger partial charge is 0.453 e. The van der Waals surface area contributed by atoms with E-state index in [4.69, 9.17) is 14.2 Å². The Hall–Kier alpha value is -0.870. The molecule has 0 spiro atoms. The van der Waals surface area contributed by atoms with E-state index in [9.17, 15) is 4.79 Å². The third-order valence-electron chi connectivity index (χ3n) is 2.08. The predicted octanol–water partition coefficient (Wildman–Crippen LogP) is 2.84. The van der Waals surface area contributed by atoms with Crippen LogP contribution in [-0.2, 0) is 19.0 Å². The van der Waals surface area contributed by atoms with Gasteiger partial charge in [-0.3, -0.25) is 0 Å². The van der Waals surface area contributed by atoms with Crippen molar-refractivity contribution < 1.29 is 19.0 Å². The molecule has 0 aliphatic heterocycles. The van der Waals surface area contributed by atoms with Crippen molar-refractivity contribution in [3.8, 4) is 0 Å². The monoisotopic (exact) mass is 243 g/mol. The molecule has 4 heteroatoms. The van der Waals surface area contributed by atoms with Crippen molar-refractivity contribution in [2.45, 2.75) is 46.1 Å². The molecular formula is C13H23O4. The van der Waals surface area contributed by atoms with E-state index >= 15 is 0 Å². The van der Waals surface area contributed by atoms with Crippen LogP contribution >= 0.6 is 0 Å². The van der Waals surface area contributed by atoms with Crippen LogP contribution in [0.4, 0.5) is 0 Å². The molecule has 0 aromatic heterocycles. The van der Waals surface area contributed by atoms with Crippen LogP contribution in [-0.4, -0.2) is 25.3 Å². The van der Waals surface area contributed by atoms with Crippen LogP contribution in [0.15, 0.2) is 12.7 Å². The van der Waals surface area contributed by atoms with E-state index in [0.29, 0.717) is 25.9 Å². The molecule has 0 aliphatic rings. The Morgan fingerprint density at radius 3 is 2.24 bits per heavy atom. The maximum absolute atomic E-state index is 11.2. The number of esters is 1. The van der Waals surface area contributed by atoms with Crippen LogP contribution in [0.2, 0.25) is 0 Å². The zero-order chi connectivity index (χ0) is 13.1. The number of carbonyl (C=O) groups is 1. The van der Waals surface area contributed by atoms with E-state index < -0.39 is 12.1 Å². The molecule has 0 bridgehead atoms. The second-order valence-corrected chi connectivity index (χ2v) is 3.46. The summed E-state index contributed by atoms with van der Waals surface area (Å²) in [6, 6.07) is 0. The van der Waals surface area contributed by atoms with Crippen LogP contribution in [0, 0.1) is 6.29 Å². The number of rotatable bonds is 10. The average Bonchev–Trinajstić information content (AvgIpc) is 2.34. The summed E-state index contributed by atoms with van der Waals surface area (Å²) in [4.78, 5) is 11.2. The maximum atomic E-state index is 11.2. The highest BCUT2D eigenvalue weighted by Crippen LogP contribution is 2.20. The quantitative estimate of drug-likeness (QED) is 0.437. The van der Waals surface area contributed by atoms with Crippen molar-refractivity contribution in [2.75, 3.05) is 13.2 Å². The van der Waals surface area contributed by atoms with E-state index in [1.54, 1.807) is 0 Å². The van der Waals surface area contributed by atoms with Crippen LogP contribution < -0.4 is 0 Å². The molecule has 1 unspecified atom stereocenters. The van der Waals surface area contributed by atoms with Crippen molar-refractivity contribution in [1.82, 2.24) is 0 Å².